The lowest BCUT2D eigenvalue weighted by Crippen LogP contribution is -2.41. The fourth-order valence-electron chi connectivity index (χ4n) is 5.97. The van der Waals surface area contributed by atoms with Crippen LogP contribution in [0.1, 0.15) is 73.5 Å². The molecule has 1 aromatic heterocycles. The lowest BCUT2D eigenvalue weighted by Gasteiger charge is -2.33. The van der Waals surface area contributed by atoms with Gasteiger partial charge in [-0.15, -0.1) is 0 Å². The zero-order valence-corrected chi connectivity index (χ0v) is 23.1. The summed E-state index contributed by atoms with van der Waals surface area (Å²) in [4.78, 5) is 24.1. The standard InChI is InChI=1S/C30H36F3N5O2/c1-17(22-12-23(30(31,32)33)15-24(34)13-22)35-28-26-14-21(8-9-27(26)36-18(2)37-28)19-4-6-20(7-5-19)29(39)38(3)25-10-11-40-16-25/h8-9,12-15,17,19-20,25H,4-7,10-11,16,34H2,1-3H3,(H,35,36,37)/t17-,19-,20+,25+/m1/s1. The summed E-state index contributed by atoms with van der Waals surface area (Å²) < 4.78 is 45.6. The molecule has 5 rings (SSSR count). The van der Waals surface area contributed by atoms with Crippen LogP contribution >= 0.6 is 0 Å². The number of aryl methyl sites for hydroxylation is 1. The number of fused-ring (bicyclic) bond motifs is 1. The summed E-state index contributed by atoms with van der Waals surface area (Å²) in [6.07, 6.45) is -0.0994. The van der Waals surface area contributed by atoms with Crippen molar-refractivity contribution in [3.05, 3.63) is 58.9 Å². The third-order valence-corrected chi connectivity index (χ3v) is 8.34. The molecule has 1 saturated carbocycles. The molecule has 0 bridgehead atoms. The number of ether oxygens (including phenoxy) is 1. The summed E-state index contributed by atoms with van der Waals surface area (Å²) in [5, 5.41) is 4.12. The number of nitrogen functional groups attached to an aromatic ring is 1. The van der Waals surface area contributed by atoms with Gasteiger partial charge in [-0.05, 0) is 93.3 Å². The molecule has 1 aliphatic heterocycles. The molecule has 10 heteroatoms. The van der Waals surface area contributed by atoms with Crippen LogP contribution in [0.15, 0.2) is 36.4 Å². The SMILES string of the molecule is Cc1nc(N[C@H](C)c2cc(N)cc(C(F)(F)F)c2)c2cc([C@H]3CC[C@@H](C(=O)N(C)[C@H]4CCOC4)CC3)ccc2n1. The van der Waals surface area contributed by atoms with Crippen molar-refractivity contribution in [1.82, 2.24) is 14.9 Å². The van der Waals surface area contributed by atoms with Crippen LogP contribution in [-0.4, -0.2) is 47.1 Å². The monoisotopic (exact) mass is 555 g/mol. The Morgan fingerprint density at radius 1 is 1.10 bits per heavy atom. The second-order valence-electron chi connectivity index (χ2n) is 11.2. The van der Waals surface area contributed by atoms with Gasteiger partial charge in [0.15, 0.2) is 0 Å². The predicted molar refractivity (Wildman–Crippen MR) is 149 cm³/mol. The smallest absolute Gasteiger partial charge is 0.399 e. The first-order chi connectivity index (χ1) is 19.0. The van der Waals surface area contributed by atoms with Gasteiger partial charge in [-0.1, -0.05) is 6.07 Å². The van der Waals surface area contributed by atoms with Crippen molar-refractivity contribution in [3.8, 4) is 0 Å². The van der Waals surface area contributed by atoms with Gasteiger partial charge in [-0.2, -0.15) is 13.2 Å². The molecule has 3 aromatic rings. The van der Waals surface area contributed by atoms with Crippen LogP contribution < -0.4 is 11.1 Å². The Labute approximate surface area is 232 Å². The molecule has 2 aromatic carbocycles. The molecule has 2 heterocycles. The van der Waals surface area contributed by atoms with E-state index in [1.165, 1.54) is 0 Å². The fraction of sp³-hybridized carbons (Fsp3) is 0.500. The number of hydrogen-bond donors (Lipinski definition) is 2. The highest BCUT2D eigenvalue weighted by Gasteiger charge is 2.33. The topological polar surface area (TPSA) is 93.4 Å². The van der Waals surface area contributed by atoms with Crippen LogP contribution in [-0.2, 0) is 15.7 Å². The van der Waals surface area contributed by atoms with Crippen LogP contribution in [0.5, 0.6) is 0 Å². The number of likely N-dealkylation sites (N-methyl/N-ethyl adjacent to an activating group) is 1. The summed E-state index contributed by atoms with van der Waals surface area (Å²) >= 11 is 0. The number of carbonyl (C=O) groups is 1. The van der Waals surface area contributed by atoms with E-state index in [-0.39, 0.29) is 23.6 Å². The van der Waals surface area contributed by atoms with Crippen LogP contribution in [0.4, 0.5) is 24.7 Å². The van der Waals surface area contributed by atoms with Gasteiger partial charge < -0.3 is 20.7 Å². The van der Waals surface area contributed by atoms with Crippen molar-refractivity contribution in [2.45, 2.75) is 70.1 Å². The number of rotatable bonds is 6. The van der Waals surface area contributed by atoms with Gasteiger partial charge in [0.25, 0.3) is 0 Å². The van der Waals surface area contributed by atoms with Crippen LogP contribution in [0.2, 0.25) is 0 Å². The Bertz CT molecular complexity index is 1380. The largest absolute Gasteiger partial charge is 0.416 e. The molecule has 0 radical (unpaired) electrons. The van der Waals surface area contributed by atoms with Crippen LogP contribution in [0.3, 0.4) is 0 Å². The molecule has 214 valence electrons. The van der Waals surface area contributed by atoms with Crippen molar-refractivity contribution in [2.24, 2.45) is 5.92 Å². The Morgan fingerprint density at radius 3 is 2.52 bits per heavy atom. The molecule has 2 atom stereocenters. The highest BCUT2D eigenvalue weighted by molar-refractivity contribution is 5.90. The Kier molecular flexibility index (Phi) is 7.90. The lowest BCUT2D eigenvalue weighted by atomic mass is 9.78. The first kappa shape index (κ1) is 28.1. The van der Waals surface area contributed by atoms with Crippen molar-refractivity contribution >= 4 is 28.3 Å². The molecule has 7 nitrogen and oxygen atoms in total. The molecule has 1 aliphatic carbocycles. The number of hydrogen-bond acceptors (Lipinski definition) is 6. The molecule has 2 aliphatic rings. The number of alkyl halides is 3. The lowest BCUT2D eigenvalue weighted by molar-refractivity contribution is -0.138. The van der Waals surface area contributed by atoms with E-state index in [0.717, 1.165) is 60.7 Å². The summed E-state index contributed by atoms with van der Waals surface area (Å²) in [6.45, 7) is 4.91. The molecular weight excluding hydrogens is 519 g/mol. The summed E-state index contributed by atoms with van der Waals surface area (Å²) in [6, 6.07) is 9.45. The van der Waals surface area contributed by atoms with E-state index in [1.807, 2.05) is 18.0 Å². The van der Waals surface area contributed by atoms with Gasteiger partial charge >= 0.3 is 6.18 Å². The highest BCUT2D eigenvalue weighted by Crippen LogP contribution is 2.39. The second kappa shape index (κ2) is 11.2. The van der Waals surface area contributed by atoms with Crippen molar-refractivity contribution in [3.63, 3.8) is 0 Å². The Balaban J connectivity index is 1.33. The van der Waals surface area contributed by atoms with Crippen molar-refractivity contribution < 1.29 is 22.7 Å². The zero-order valence-electron chi connectivity index (χ0n) is 23.1. The quantitative estimate of drug-likeness (QED) is 0.350. The number of aromatic nitrogens is 2. The van der Waals surface area contributed by atoms with E-state index in [4.69, 9.17) is 10.5 Å². The van der Waals surface area contributed by atoms with E-state index in [0.29, 0.717) is 36.3 Å². The van der Waals surface area contributed by atoms with Gasteiger partial charge in [-0.25, -0.2) is 9.97 Å². The minimum absolute atomic E-state index is 0.0336. The maximum atomic E-state index is 13.4. The van der Waals surface area contributed by atoms with E-state index < -0.39 is 17.8 Å². The molecule has 3 N–H and O–H groups in total. The first-order valence-corrected chi connectivity index (χ1v) is 13.9. The molecule has 0 unspecified atom stereocenters. The number of nitrogens with one attached hydrogen (secondary N) is 1. The maximum Gasteiger partial charge on any atom is 0.416 e. The van der Waals surface area contributed by atoms with E-state index >= 15 is 0 Å². The third kappa shape index (κ3) is 6.01. The molecule has 0 spiro atoms. The summed E-state index contributed by atoms with van der Waals surface area (Å²) in [5.74, 6) is 1.69. The number of anilines is 2. The van der Waals surface area contributed by atoms with Crippen LogP contribution in [0, 0.1) is 12.8 Å². The Hall–Kier alpha value is -3.40. The minimum Gasteiger partial charge on any atom is -0.399 e. The number of carbonyl (C=O) groups excluding carboxylic acids is 1. The predicted octanol–water partition coefficient (Wildman–Crippen LogP) is 6.23. The van der Waals surface area contributed by atoms with Gasteiger partial charge in [0, 0.05) is 30.6 Å². The zero-order chi connectivity index (χ0) is 28.6. The van der Waals surface area contributed by atoms with Gasteiger partial charge in [0.2, 0.25) is 5.91 Å². The summed E-state index contributed by atoms with van der Waals surface area (Å²) in [7, 11) is 1.89. The molecular formula is C30H36F3N5O2. The number of nitrogens with zero attached hydrogens (tertiary/aromatic N) is 3. The fourth-order valence-corrected chi connectivity index (χ4v) is 5.97. The van der Waals surface area contributed by atoms with Gasteiger partial charge in [0.1, 0.15) is 11.6 Å². The molecule has 2 fully saturated rings. The van der Waals surface area contributed by atoms with E-state index in [1.54, 1.807) is 19.9 Å². The number of nitrogens with two attached hydrogens (primary N) is 1. The van der Waals surface area contributed by atoms with Crippen molar-refractivity contribution in [1.29, 1.82) is 0 Å². The normalized spacial score (nSPS) is 22.3. The van der Waals surface area contributed by atoms with Crippen molar-refractivity contribution in [2.75, 3.05) is 31.3 Å². The number of amides is 1. The molecule has 1 amide bonds. The number of halogens is 3. The summed E-state index contributed by atoms with van der Waals surface area (Å²) in [5.41, 5.74) is 7.42. The third-order valence-electron chi connectivity index (χ3n) is 8.34. The molecule has 1 saturated heterocycles. The van der Waals surface area contributed by atoms with Gasteiger partial charge in [0.05, 0.1) is 29.8 Å². The molecule has 40 heavy (non-hydrogen) atoms. The maximum absolute atomic E-state index is 13.4. The average Bonchev–Trinajstić information content (AvgIpc) is 3.46. The number of benzene rings is 2. The highest BCUT2D eigenvalue weighted by atomic mass is 19.4. The van der Waals surface area contributed by atoms with E-state index in [9.17, 15) is 18.0 Å². The average molecular weight is 556 g/mol. The van der Waals surface area contributed by atoms with Gasteiger partial charge in [-0.3, -0.25) is 4.79 Å². The van der Waals surface area contributed by atoms with E-state index in [2.05, 4.69) is 27.4 Å². The first-order valence-electron chi connectivity index (χ1n) is 13.9. The second-order valence-corrected chi connectivity index (χ2v) is 11.2. The Morgan fingerprint density at radius 2 is 1.85 bits per heavy atom. The van der Waals surface area contributed by atoms with Crippen LogP contribution in [0.25, 0.3) is 10.9 Å². The minimum atomic E-state index is -4.49.